The Bertz CT molecular complexity index is 299. The standard InChI is InChI=1S/C14H20.C2H6/c1-12-8-7-10-13-9-5-3-2-4-6-11-14(12)13;1-2/h7-8,10H,2-6,9,11H2,1H3;1-2H3. The van der Waals surface area contributed by atoms with Crippen molar-refractivity contribution in [1.29, 1.82) is 0 Å². The van der Waals surface area contributed by atoms with Crippen molar-refractivity contribution in [3.63, 3.8) is 0 Å². The van der Waals surface area contributed by atoms with E-state index in [0.29, 0.717) is 0 Å². The van der Waals surface area contributed by atoms with Crippen LogP contribution in [0.15, 0.2) is 18.2 Å². The summed E-state index contributed by atoms with van der Waals surface area (Å²) in [5, 5.41) is 0. The summed E-state index contributed by atoms with van der Waals surface area (Å²) in [7, 11) is 0. The highest BCUT2D eigenvalue weighted by Gasteiger charge is 2.07. The monoisotopic (exact) mass is 218 g/mol. The van der Waals surface area contributed by atoms with E-state index in [4.69, 9.17) is 0 Å². The molecule has 90 valence electrons. The number of fused-ring (bicyclic) bond motifs is 1. The third kappa shape index (κ3) is 3.66. The third-order valence-electron chi connectivity index (χ3n) is 3.38. The quantitative estimate of drug-likeness (QED) is 0.570. The van der Waals surface area contributed by atoms with Crippen LogP contribution in [0.4, 0.5) is 0 Å². The minimum Gasteiger partial charge on any atom is -0.0683 e. The van der Waals surface area contributed by atoms with Gasteiger partial charge in [0, 0.05) is 0 Å². The molecule has 0 nitrogen and oxygen atoms in total. The molecule has 0 heteroatoms. The van der Waals surface area contributed by atoms with Crippen molar-refractivity contribution in [2.24, 2.45) is 0 Å². The number of hydrogen-bond acceptors (Lipinski definition) is 0. The third-order valence-corrected chi connectivity index (χ3v) is 3.38. The van der Waals surface area contributed by atoms with Gasteiger partial charge in [0.15, 0.2) is 0 Å². The van der Waals surface area contributed by atoms with Crippen LogP contribution in [0.25, 0.3) is 0 Å². The first-order valence-electron chi connectivity index (χ1n) is 6.95. The summed E-state index contributed by atoms with van der Waals surface area (Å²) >= 11 is 0. The molecular formula is C16H26. The molecule has 1 aliphatic rings. The van der Waals surface area contributed by atoms with Crippen molar-refractivity contribution >= 4 is 0 Å². The molecule has 0 unspecified atom stereocenters. The maximum atomic E-state index is 2.33. The Kier molecular flexibility index (Phi) is 6.22. The van der Waals surface area contributed by atoms with Gasteiger partial charge in [-0.05, 0) is 49.3 Å². The van der Waals surface area contributed by atoms with E-state index in [2.05, 4.69) is 25.1 Å². The van der Waals surface area contributed by atoms with Crippen LogP contribution >= 0.6 is 0 Å². The molecule has 0 aliphatic heterocycles. The predicted molar refractivity (Wildman–Crippen MR) is 73.0 cm³/mol. The smallest absolute Gasteiger partial charge is 0.0274 e. The highest BCUT2D eigenvalue weighted by Crippen LogP contribution is 2.22. The number of rotatable bonds is 0. The van der Waals surface area contributed by atoms with Crippen LogP contribution in [-0.4, -0.2) is 0 Å². The van der Waals surface area contributed by atoms with E-state index in [0.717, 1.165) is 0 Å². The fraction of sp³-hybridized carbons (Fsp3) is 0.625. The minimum atomic E-state index is 1.30. The zero-order chi connectivity index (χ0) is 11.8. The fourth-order valence-electron chi connectivity index (χ4n) is 2.50. The van der Waals surface area contributed by atoms with Crippen LogP contribution in [0.3, 0.4) is 0 Å². The summed E-state index contributed by atoms with van der Waals surface area (Å²) in [5.74, 6) is 0. The summed E-state index contributed by atoms with van der Waals surface area (Å²) in [6, 6.07) is 6.80. The van der Waals surface area contributed by atoms with E-state index >= 15 is 0 Å². The minimum absolute atomic E-state index is 1.30. The number of hydrogen-bond donors (Lipinski definition) is 0. The van der Waals surface area contributed by atoms with Crippen molar-refractivity contribution in [3.05, 3.63) is 34.9 Å². The lowest BCUT2D eigenvalue weighted by Gasteiger charge is -2.10. The first-order chi connectivity index (χ1) is 7.88. The Hall–Kier alpha value is -0.780. The van der Waals surface area contributed by atoms with Gasteiger partial charge in [-0.1, -0.05) is 51.3 Å². The molecule has 0 saturated carbocycles. The van der Waals surface area contributed by atoms with E-state index in [-0.39, 0.29) is 0 Å². The predicted octanol–water partition coefficient (Wildman–Crippen LogP) is 5.07. The molecule has 1 aromatic carbocycles. The Morgan fingerprint density at radius 2 is 1.44 bits per heavy atom. The van der Waals surface area contributed by atoms with Gasteiger partial charge in [-0.15, -0.1) is 0 Å². The Labute approximate surface area is 101 Å². The van der Waals surface area contributed by atoms with Gasteiger partial charge in [-0.25, -0.2) is 0 Å². The molecule has 0 heterocycles. The lowest BCUT2D eigenvalue weighted by molar-refractivity contribution is 0.629. The molecule has 1 aromatic rings. The maximum absolute atomic E-state index is 2.33. The summed E-state index contributed by atoms with van der Waals surface area (Å²) in [4.78, 5) is 0. The van der Waals surface area contributed by atoms with Gasteiger partial charge >= 0.3 is 0 Å². The van der Waals surface area contributed by atoms with Crippen LogP contribution < -0.4 is 0 Å². The molecule has 0 N–H and O–H groups in total. The molecule has 0 aromatic heterocycles. The maximum Gasteiger partial charge on any atom is -0.0274 e. The van der Waals surface area contributed by atoms with Crippen LogP contribution in [-0.2, 0) is 12.8 Å². The van der Waals surface area contributed by atoms with E-state index in [1.54, 1.807) is 11.1 Å². The van der Waals surface area contributed by atoms with Crippen LogP contribution in [0.5, 0.6) is 0 Å². The topological polar surface area (TPSA) is 0 Å². The highest BCUT2D eigenvalue weighted by molar-refractivity contribution is 5.34. The van der Waals surface area contributed by atoms with Crippen LogP contribution in [0.1, 0.15) is 62.6 Å². The second-order valence-electron chi connectivity index (χ2n) is 4.48. The highest BCUT2D eigenvalue weighted by atomic mass is 14.1. The first-order valence-corrected chi connectivity index (χ1v) is 6.95. The van der Waals surface area contributed by atoms with E-state index < -0.39 is 0 Å². The SMILES string of the molecule is CC.Cc1cccc2c1CCCCCCC2. The molecule has 0 radical (unpaired) electrons. The molecule has 2 rings (SSSR count). The van der Waals surface area contributed by atoms with Crippen molar-refractivity contribution in [3.8, 4) is 0 Å². The molecule has 0 saturated heterocycles. The zero-order valence-corrected chi connectivity index (χ0v) is 11.2. The van der Waals surface area contributed by atoms with Gasteiger partial charge in [-0.3, -0.25) is 0 Å². The summed E-state index contributed by atoms with van der Waals surface area (Å²) in [6.07, 6.45) is 9.67. The first kappa shape index (κ1) is 13.3. The fourth-order valence-corrected chi connectivity index (χ4v) is 2.50. The van der Waals surface area contributed by atoms with Gasteiger partial charge < -0.3 is 0 Å². The van der Waals surface area contributed by atoms with Gasteiger partial charge in [0.1, 0.15) is 0 Å². The van der Waals surface area contributed by atoms with Crippen molar-refractivity contribution in [2.75, 3.05) is 0 Å². The van der Waals surface area contributed by atoms with Gasteiger partial charge in [0.2, 0.25) is 0 Å². The molecule has 16 heavy (non-hydrogen) atoms. The van der Waals surface area contributed by atoms with Gasteiger partial charge in [-0.2, -0.15) is 0 Å². The Balaban J connectivity index is 0.000000606. The van der Waals surface area contributed by atoms with Gasteiger partial charge in [0.05, 0.1) is 0 Å². The van der Waals surface area contributed by atoms with E-state index in [1.807, 2.05) is 13.8 Å². The second-order valence-corrected chi connectivity index (χ2v) is 4.48. The normalized spacial score (nSPS) is 15.9. The van der Waals surface area contributed by atoms with Crippen molar-refractivity contribution < 1.29 is 0 Å². The molecule has 1 aliphatic carbocycles. The van der Waals surface area contributed by atoms with E-state index in [1.165, 1.54) is 50.5 Å². The second kappa shape index (κ2) is 7.49. The lowest BCUT2D eigenvalue weighted by atomic mass is 9.95. The van der Waals surface area contributed by atoms with E-state index in [9.17, 15) is 0 Å². The molecular weight excluding hydrogens is 192 g/mol. The molecule has 0 spiro atoms. The van der Waals surface area contributed by atoms with Crippen LogP contribution in [0, 0.1) is 6.92 Å². The Morgan fingerprint density at radius 3 is 2.19 bits per heavy atom. The van der Waals surface area contributed by atoms with Crippen molar-refractivity contribution in [2.45, 2.75) is 65.7 Å². The Morgan fingerprint density at radius 1 is 0.812 bits per heavy atom. The summed E-state index contributed by atoms with van der Waals surface area (Å²) in [5.41, 5.74) is 4.77. The average molecular weight is 218 g/mol. The van der Waals surface area contributed by atoms with Crippen molar-refractivity contribution in [1.82, 2.24) is 0 Å². The molecule has 0 fully saturated rings. The summed E-state index contributed by atoms with van der Waals surface area (Å²) < 4.78 is 0. The largest absolute Gasteiger partial charge is 0.0683 e. The average Bonchev–Trinajstić information content (AvgIpc) is 2.44. The van der Waals surface area contributed by atoms with Crippen LogP contribution in [0.2, 0.25) is 0 Å². The number of benzene rings is 1. The number of aryl methyl sites for hydroxylation is 2. The molecule has 0 atom stereocenters. The summed E-state index contributed by atoms with van der Waals surface area (Å²) in [6.45, 7) is 6.26. The van der Waals surface area contributed by atoms with Gasteiger partial charge in [0.25, 0.3) is 0 Å². The molecule has 0 amide bonds. The molecule has 0 bridgehead atoms. The zero-order valence-electron chi connectivity index (χ0n) is 11.2. The lowest BCUT2D eigenvalue weighted by Crippen LogP contribution is -1.96.